The van der Waals surface area contributed by atoms with Gasteiger partial charge in [0, 0.05) is 12.2 Å². The highest BCUT2D eigenvalue weighted by molar-refractivity contribution is 5.75. The number of carbonyl (C=O) groups excluding carboxylic acids is 1. The van der Waals surface area contributed by atoms with Crippen molar-refractivity contribution in [2.75, 3.05) is 0 Å². The van der Waals surface area contributed by atoms with Crippen LogP contribution in [0.5, 0.6) is 0 Å². The quantitative estimate of drug-likeness (QED) is 0.781. The number of nitrogens with one attached hydrogen (secondary N) is 2. The molecule has 1 heterocycles. The number of hydrogen-bond donors (Lipinski definition) is 3. The SMILES string of the molecule is CC(NC(=O)NC1CCC(C(=O)O)C1)c1ccccn1. The predicted molar refractivity (Wildman–Crippen MR) is 73.1 cm³/mol. The Bertz CT molecular complexity index is 478. The lowest BCUT2D eigenvalue weighted by Gasteiger charge is -2.17. The Balaban J connectivity index is 1.80. The molecule has 3 N–H and O–H groups in total. The van der Waals surface area contributed by atoms with Crippen molar-refractivity contribution in [3.05, 3.63) is 30.1 Å². The van der Waals surface area contributed by atoms with Crippen LogP contribution in [0.1, 0.15) is 37.9 Å². The summed E-state index contributed by atoms with van der Waals surface area (Å²) in [6, 6.07) is 5.01. The molecule has 0 aliphatic heterocycles. The number of carboxylic acids is 1. The summed E-state index contributed by atoms with van der Waals surface area (Å²) < 4.78 is 0. The number of hydrogen-bond acceptors (Lipinski definition) is 3. The molecule has 0 spiro atoms. The predicted octanol–water partition coefficient (Wildman–Crippen LogP) is 1.70. The minimum Gasteiger partial charge on any atom is -0.481 e. The van der Waals surface area contributed by atoms with E-state index in [-0.39, 0.29) is 24.0 Å². The summed E-state index contributed by atoms with van der Waals surface area (Å²) in [7, 11) is 0. The molecule has 2 rings (SSSR count). The van der Waals surface area contributed by atoms with E-state index in [1.165, 1.54) is 0 Å². The molecule has 1 aliphatic rings. The first-order chi connectivity index (χ1) is 9.56. The summed E-state index contributed by atoms with van der Waals surface area (Å²) in [4.78, 5) is 26.9. The van der Waals surface area contributed by atoms with E-state index in [1.807, 2.05) is 25.1 Å². The number of nitrogens with zero attached hydrogens (tertiary/aromatic N) is 1. The summed E-state index contributed by atoms with van der Waals surface area (Å²) >= 11 is 0. The highest BCUT2D eigenvalue weighted by atomic mass is 16.4. The summed E-state index contributed by atoms with van der Waals surface area (Å²) in [5.74, 6) is -1.12. The normalized spacial score (nSPS) is 23.1. The third-order valence-corrected chi connectivity index (χ3v) is 3.60. The van der Waals surface area contributed by atoms with Gasteiger partial charge < -0.3 is 15.7 Å². The molecule has 108 valence electrons. The van der Waals surface area contributed by atoms with Crippen LogP contribution in [0.25, 0.3) is 0 Å². The fraction of sp³-hybridized carbons (Fsp3) is 0.500. The van der Waals surface area contributed by atoms with Gasteiger partial charge in [-0.2, -0.15) is 0 Å². The van der Waals surface area contributed by atoms with Gasteiger partial charge in [0.2, 0.25) is 0 Å². The van der Waals surface area contributed by atoms with Gasteiger partial charge in [0.1, 0.15) is 0 Å². The van der Waals surface area contributed by atoms with Crippen molar-refractivity contribution in [1.82, 2.24) is 15.6 Å². The highest BCUT2D eigenvalue weighted by Gasteiger charge is 2.30. The molecule has 6 heteroatoms. The van der Waals surface area contributed by atoms with Crippen LogP contribution in [-0.2, 0) is 4.79 Å². The molecular weight excluding hydrogens is 258 g/mol. The van der Waals surface area contributed by atoms with Crippen molar-refractivity contribution in [3.63, 3.8) is 0 Å². The van der Waals surface area contributed by atoms with Crippen LogP contribution in [-0.4, -0.2) is 28.1 Å². The van der Waals surface area contributed by atoms with Crippen molar-refractivity contribution < 1.29 is 14.7 Å². The molecule has 1 fully saturated rings. The molecule has 0 saturated heterocycles. The fourth-order valence-corrected chi connectivity index (χ4v) is 2.47. The van der Waals surface area contributed by atoms with E-state index < -0.39 is 5.97 Å². The highest BCUT2D eigenvalue weighted by Crippen LogP contribution is 2.25. The molecule has 1 aromatic heterocycles. The van der Waals surface area contributed by atoms with E-state index in [0.29, 0.717) is 19.3 Å². The van der Waals surface area contributed by atoms with E-state index in [4.69, 9.17) is 5.11 Å². The van der Waals surface area contributed by atoms with Crippen molar-refractivity contribution in [2.24, 2.45) is 5.92 Å². The molecule has 20 heavy (non-hydrogen) atoms. The van der Waals surface area contributed by atoms with Crippen LogP contribution in [0.3, 0.4) is 0 Å². The van der Waals surface area contributed by atoms with Gasteiger partial charge in [0.15, 0.2) is 0 Å². The van der Waals surface area contributed by atoms with Crippen LogP contribution < -0.4 is 10.6 Å². The molecule has 0 aromatic carbocycles. The standard InChI is InChI=1S/C14H19N3O3/c1-9(12-4-2-3-7-15-12)16-14(20)17-11-6-5-10(8-11)13(18)19/h2-4,7,9-11H,5-6,8H2,1H3,(H,18,19)(H2,16,17,20). The number of carbonyl (C=O) groups is 2. The number of aliphatic carboxylic acids is 1. The fourth-order valence-electron chi connectivity index (χ4n) is 2.47. The van der Waals surface area contributed by atoms with Crippen molar-refractivity contribution in [2.45, 2.75) is 38.3 Å². The van der Waals surface area contributed by atoms with Crippen LogP contribution >= 0.6 is 0 Å². The maximum atomic E-state index is 11.9. The Labute approximate surface area is 117 Å². The molecule has 6 nitrogen and oxygen atoms in total. The van der Waals surface area contributed by atoms with E-state index in [2.05, 4.69) is 15.6 Å². The van der Waals surface area contributed by atoms with Crippen LogP contribution in [0.2, 0.25) is 0 Å². The second-order valence-electron chi connectivity index (χ2n) is 5.14. The monoisotopic (exact) mass is 277 g/mol. The topological polar surface area (TPSA) is 91.3 Å². The minimum atomic E-state index is -0.781. The second kappa shape index (κ2) is 6.36. The van der Waals surface area contributed by atoms with E-state index in [9.17, 15) is 9.59 Å². The zero-order chi connectivity index (χ0) is 14.5. The molecule has 3 unspecified atom stereocenters. The summed E-state index contributed by atoms with van der Waals surface area (Å²) in [5, 5.41) is 14.6. The number of amides is 2. The van der Waals surface area contributed by atoms with E-state index in [1.54, 1.807) is 6.20 Å². The molecule has 1 aromatic rings. The number of carboxylic acid groups (broad SMARTS) is 1. The molecular formula is C14H19N3O3. The Hall–Kier alpha value is -2.11. The molecule has 0 bridgehead atoms. The Morgan fingerprint density at radius 1 is 1.40 bits per heavy atom. The maximum absolute atomic E-state index is 11.9. The van der Waals surface area contributed by atoms with Crippen LogP contribution in [0.15, 0.2) is 24.4 Å². The van der Waals surface area contributed by atoms with Gasteiger partial charge in [-0.1, -0.05) is 6.07 Å². The average molecular weight is 277 g/mol. The third kappa shape index (κ3) is 3.69. The number of rotatable bonds is 4. The average Bonchev–Trinajstić information content (AvgIpc) is 2.88. The molecule has 1 aliphatic carbocycles. The molecule has 2 amide bonds. The van der Waals surface area contributed by atoms with Gasteiger partial charge in [-0.3, -0.25) is 9.78 Å². The first-order valence-corrected chi connectivity index (χ1v) is 6.77. The Morgan fingerprint density at radius 2 is 2.20 bits per heavy atom. The van der Waals surface area contributed by atoms with Gasteiger partial charge in [-0.15, -0.1) is 0 Å². The lowest BCUT2D eigenvalue weighted by Crippen LogP contribution is -2.42. The van der Waals surface area contributed by atoms with E-state index >= 15 is 0 Å². The van der Waals surface area contributed by atoms with Gasteiger partial charge in [-0.25, -0.2) is 4.79 Å². The first kappa shape index (κ1) is 14.3. The van der Waals surface area contributed by atoms with Crippen LogP contribution in [0.4, 0.5) is 4.79 Å². The van der Waals surface area contributed by atoms with E-state index in [0.717, 1.165) is 5.69 Å². The lowest BCUT2D eigenvalue weighted by atomic mass is 10.1. The molecule has 1 saturated carbocycles. The molecule has 3 atom stereocenters. The Kier molecular flexibility index (Phi) is 4.55. The smallest absolute Gasteiger partial charge is 0.315 e. The third-order valence-electron chi connectivity index (χ3n) is 3.60. The lowest BCUT2D eigenvalue weighted by molar-refractivity contribution is -0.141. The minimum absolute atomic E-state index is 0.0629. The number of pyridine rings is 1. The zero-order valence-electron chi connectivity index (χ0n) is 11.4. The van der Waals surface area contributed by atoms with Crippen molar-refractivity contribution in [3.8, 4) is 0 Å². The largest absolute Gasteiger partial charge is 0.481 e. The second-order valence-corrected chi connectivity index (χ2v) is 5.14. The zero-order valence-corrected chi connectivity index (χ0v) is 11.4. The van der Waals surface area contributed by atoms with Gasteiger partial charge >= 0.3 is 12.0 Å². The maximum Gasteiger partial charge on any atom is 0.315 e. The number of aromatic nitrogens is 1. The summed E-state index contributed by atoms with van der Waals surface area (Å²) in [6.07, 6.45) is 3.51. The van der Waals surface area contributed by atoms with Crippen molar-refractivity contribution in [1.29, 1.82) is 0 Å². The van der Waals surface area contributed by atoms with Gasteiger partial charge in [0.05, 0.1) is 17.7 Å². The first-order valence-electron chi connectivity index (χ1n) is 6.77. The van der Waals surface area contributed by atoms with Crippen LogP contribution in [0, 0.1) is 5.92 Å². The van der Waals surface area contributed by atoms with Gasteiger partial charge in [0.25, 0.3) is 0 Å². The Morgan fingerprint density at radius 3 is 2.80 bits per heavy atom. The number of urea groups is 1. The van der Waals surface area contributed by atoms with Gasteiger partial charge in [-0.05, 0) is 38.3 Å². The van der Waals surface area contributed by atoms with Crippen molar-refractivity contribution >= 4 is 12.0 Å². The summed E-state index contributed by atoms with van der Waals surface area (Å²) in [6.45, 7) is 1.86. The molecule has 0 radical (unpaired) electrons. The summed E-state index contributed by atoms with van der Waals surface area (Å²) in [5.41, 5.74) is 0.789.